The van der Waals surface area contributed by atoms with Gasteiger partial charge in [0.1, 0.15) is 0 Å². The number of carbonyl (C=O) groups is 1. The molecule has 0 radical (unpaired) electrons. The summed E-state index contributed by atoms with van der Waals surface area (Å²) in [5.41, 5.74) is 2.39. The molecule has 0 N–H and O–H groups in total. The van der Waals surface area contributed by atoms with E-state index in [0.717, 1.165) is 45.4 Å². The second kappa shape index (κ2) is 6.65. The molecule has 4 heterocycles. The number of likely N-dealkylation sites (tertiary alicyclic amines) is 2. The second-order valence-electron chi connectivity index (χ2n) is 7.06. The highest BCUT2D eigenvalue weighted by Crippen LogP contribution is 2.41. The van der Waals surface area contributed by atoms with E-state index < -0.39 is 0 Å². The van der Waals surface area contributed by atoms with Gasteiger partial charge in [0.05, 0.1) is 5.41 Å². The molecule has 126 valence electrons. The summed E-state index contributed by atoms with van der Waals surface area (Å²) in [4.78, 5) is 21.7. The van der Waals surface area contributed by atoms with E-state index in [1.54, 1.807) is 23.7 Å². The summed E-state index contributed by atoms with van der Waals surface area (Å²) in [5.74, 6) is 0.356. The van der Waals surface area contributed by atoms with Crippen molar-refractivity contribution >= 4 is 17.2 Å². The predicted molar refractivity (Wildman–Crippen MR) is 95.5 cm³/mol. The van der Waals surface area contributed by atoms with Crippen LogP contribution in [-0.2, 0) is 17.9 Å². The van der Waals surface area contributed by atoms with Crippen LogP contribution in [0.1, 0.15) is 30.4 Å². The molecule has 24 heavy (non-hydrogen) atoms. The van der Waals surface area contributed by atoms with Crippen LogP contribution in [-0.4, -0.2) is 40.3 Å². The number of amides is 1. The van der Waals surface area contributed by atoms with E-state index in [9.17, 15) is 4.79 Å². The van der Waals surface area contributed by atoms with Crippen molar-refractivity contribution in [3.05, 3.63) is 52.5 Å². The average molecular weight is 341 g/mol. The number of aromatic nitrogens is 1. The number of thiophene rings is 1. The highest BCUT2D eigenvalue weighted by atomic mass is 32.1. The molecule has 0 unspecified atom stereocenters. The molecule has 2 aliphatic rings. The van der Waals surface area contributed by atoms with Gasteiger partial charge < -0.3 is 4.90 Å². The molecule has 1 amide bonds. The molecule has 2 aromatic rings. The first-order valence-electron chi connectivity index (χ1n) is 8.67. The molecule has 0 bridgehead atoms. The van der Waals surface area contributed by atoms with Crippen molar-refractivity contribution in [3.8, 4) is 0 Å². The highest BCUT2D eigenvalue weighted by molar-refractivity contribution is 7.07. The first kappa shape index (κ1) is 15.8. The molecule has 2 saturated heterocycles. The van der Waals surface area contributed by atoms with Crippen LogP contribution in [0, 0.1) is 5.41 Å². The fraction of sp³-hybridized carbons (Fsp3) is 0.474. The third-order valence-corrected chi connectivity index (χ3v) is 6.10. The lowest BCUT2D eigenvalue weighted by Crippen LogP contribution is -2.47. The molecule has 5 heteroatoms. The minimum absolute atomic E-state index is 0.151. The van der Waals surface area contributed by atoms with Crippen molar-refractivity contribution in [1.82, 2.24) is 14.8 Å². The van der Waals surface area contributed by atoms with Crippen LogP contribution >= 0.6 is 11.3 Å². The van der Waals surface area contributed by atoms with Crippen molar-refractivity contribution in [2.24, 2.45) is 5.41 Å². The number of rotatable bonds is 4. The number of hydrogen-bond acceptors (Lipinski definition) is 4. The van der Waals surface area contributed by atoms with Gasteiger partial charge in [-0.05, 0) is 65.9 Å². The third-order valence-electron chi connectivity index (χ3n) is 5.37. The quantitative estimate of drug-likeness (QED) is 0.857. The zero-order valence-corrected chi connectivity index (χ0v) is 14.7. The molecule has 2 fully saturated rings. The van der Waals surface area contributed by atoms with E-state index in [1.165, 1.54) is 11.1 Å². The lowest BCUT2D eigenvalue weighted by molar-refractivity contribution is -0.139. The van der Waals surface area contributed by atoms with Crippen LogP contribution < -0.4 is 0 Å². The number of piperidine rings is 1. The van der Waals surface area contributed by atoms with Gasteiger partial charge in [-0.2, -0.15) is 11.3 Å². The summed E-state index contributed by atoms with van der Waals surface area (Å²) in [6, 6.07) is 6.20. The van der Waals surface area contributed by atoms with Crippen LogP contribution in [0.3, 0.4) is 0 Å². The molecular weight excluding hydrogens is 318 g/mol. The Morgan fingerprint density at radius 1 is 1.08 bits per heavy atom. The van der Waals surface area contributed by atoms with Crippen LogP contribution in [0.25, 0.3) is 0 Å². The van der Waals surface area contributed by atoms with Crippen LogP contribution in [0.5, 0.6) is 0 Å². The number of pyridine rings is 1. The van der Waals surface area contributed by atoms with Gasteiger partial charge in [0.2, 0.25) is 5.91 Å². The molecule has 0 aliphatic carbocycles. The first-order valence-corrected chi connectivity index (χ1v) is 9.61. The number of nitrogens with zero attached hydrogens (tertiary/aromatic N) is 3. The molecule has 2 aromatic heterocycles. The molecule has 4 rings (SSSR count). The Morgan fingerprint density at radius 2 is 1.96 bits per heavy atom. The van der Waals surface area contributed by atoms with Gasteiger partial charge in [0.25, 0.3) is 0 Å². The minimum Gasteiger partial charge on any atom is -0.338 e. The van der Waals surface area contributed by atoms with Crippen LogP contribution in [0.15, 0.2) is 41.4 Å². The molecule has 1 atom stereocenters. The Morgan fingerprint density at radius 3 is 2.75 bits per heavy atom. The Labute approximate surface area is 147 Å². The van der Waals surface area contributed by atoms with Gasteiger partial charge in [0, 0.05) is 38.6 Å². The van der Waals surface area contributed by atoms with Gasteiger partial charge in [0.15, 0.2) is 0 Å². The summed E-state index contributed by atoms with van der Waals surface area (Å²) in [6.45, 7) is 4.59. The minimum atomic E-state index is -0.151. The Kier molecular flexibility index (Phi) is 4.37. The number of hydrogen-bond donors (Lipinski definition) is 0. The fourth-order valence-electron chi connectivity index (χ4n) is 4.13. The van der Waals surface area contributed by atoms with Crippen molar-refractivity contribution in [2.45, 2.75) is 32.4 Å². The first-order chi connectivity index (χ1) is 11.8. The Hall–Kier alpha value is -1.72. The van der Waals surface area contributed by atoms with Gasteiger partial charge in [-0.25, -0.2) is 0 Å². The molecule has 4 nitrogen and oxygen atoms in total. The van der Waals surface area contributed by atoms with E-state index in [4.69, 9.17) is 0 Å². The SMILES string of the molecule is O=C1N(Cc2ccncc2)CC[C@]12CCCN(Cc1ccsc1)C2. The molecule has 0 saturated carbocycles. The van der Waals surface area contributed by atoms with Crippen LogP contribution in [0.4, 0.5) is 0 Å². The van der Waals surface area contributed by atoms with Crippen molar-refractivity contribution in [1.29, 1.82) is 0 Å². The van der Waals surface area contributed by atoms with Crippen molar-refractivity contribution < 1.29 is 4.79 Å². The number of carbonyl (C=O) groups excluding carboxylic acids is 1. The topological polar surface area (TPSA) is 36.4 Å². The zero-order chi connectivity index (χ0) is 16.4. The maximum Gasteiger partial charge on any atom is 0.230 e. The summed E-state index contributed by atoms with van der Waals surface area (Å²) in [6.07, 6.45) is 6.76. The predicted octanol–water partition coefficient (Wildman–Crippen LogP) is 3.16. The van der Waals surface area contributed by atoms with Gasteiger partial charge in [-0.1, -0.05) is 0 Å². The monoisotopic (exact) mass is 341 g/mol. The summed E-state index contributed by atoms with van der Waals surface area (Å²) in [7, 11) is 0. The smallest absolute Gasteiger partial charge is 0.230 e. The fourth-order valence-corrected chi connectivity index (χ4v) is 4.79. The van der Waals surface area contributed by atoms with Crippen LogP contribution in [0.2, 0.25) is 0 Å². The van der Waals surface area contributed by atoms with E-state index >= 15 is 0 Å². The Balaban J connectivity index is 1.44. The highest BCUT2D eigenvalue weighted by Gasteiger charge is 2.48. The third kappa shape index (κ3) is 3.10. The van der Waals surface area contributed by atoms with Crippen molar-refractivity contribution in [2.75, 3.05) is 19.6 Å². The van der Waals surface area contributed by atoms with E-state index in [-0.39, 0.29) is 5.41 Å². The maximum atomic E-state index is 13.1. The van der Waals surface area contributed by atoms with E-state index in [2.05, 4.69) is 26.7 Å². The lowest BCUT2D eigenvalue weighted by atomic mass is 9.78. The summed E-state index contributed by atoms with van der Waals surface area (Å²) in [5, 5.41) is 4.35. The van der Waals surface area contributed by atoms with E-state index in [0.29, 0.717) is 12.5 Å². The summed E-state index contributed by atoms with van der Waals surface area (Å²) < 4.78 is 0. The van der Waals surface area contributed by atoms with Gasteiger partial charge in [-0.15, -0.1) is 0 Å². The second-order valence-corrected chi connectivity index (χ2v) is 7.84. The van der Waals surface area contributed by atoms with Gasteiger partial charge >= 0.3 is 0 Å². The molecule has 2 aliphatic heterocycles. The lowest BCUT2D eigenvalue weighted by Gasteiger charge is -2.39. The average Bonchev–Trinajstić information content (AvgIpc) is 3.21. The molecule has 1 spiro atoms. The van der Waals surface area contributed by atoms with E-state index in [1.807, 2.05) is 17.0 Å². The van der Waals surface area contributed by atoms with Crippen molar-refractivity contribution in [3.63, 3.8) is 0 Å². The zero-order valence-electron chi connectivity index (χ0n) is 13.9. The Bertz CT molecular complexity index is 688. The standard InChI is InChI=1S/C19H23N3OS/c23-18-19(6-10-22(18)13-16-2-7-20-8-3-16)5-1-9-21(15-19)12-17-4-11-24-14-17/h2-4,7-8,11,14H,1,5-6,9-10,12-13,15H2/t19-/m0/s1. The molecule has 0 aromatic carbocycles. The largest absolute Gasteiger partial charge is 0.338 e. The molecular formula is C19H23N3OS. The van der Waals surface area contributed by atoms with Gasteiger partial charge in [-0.3, -0.25) is 14.7 Å². The summed E-state index contributed by atoms with van der Waals surface area (Å²) >= 11 is 1.75. The maximum absolute atomic E-state index is 13.1. The normalized spacial score (nSPS) is 24.8.